The van der Waals surface area contributed by atoms with Gasteiger partial charge in [-0.1, -0.05) is 30.3 Å². The fourth-order valence-electron chi connectivity index (χ4n) is 2.30. The molecule has 0 fully saturated rings. The molecule has 2 heterocycles. The molecule has 138 valence electrons. The van der Waals surface area contributed by atoms with Gasteiger partial charge in [0.1, 0.15) is 5.69 Å². The molecule has 2 aromatic heterocycles. The summed E-state index contributed by atoms with van der Waals surface area (Å²) < 4.78 is 0. The summed E-state index contributed by atoms with van der Waals surface area (Å²) in [6.45, 7) is 0. The molecule has 28 heavy (non-hydrogen) atoms. The zero-order valence-electron chi connectivity index (χ0n) is 15.2. The highest BCUT2D eigenvalue weighted by Crippen LogP contribution is 2.26. The van der Waals surface area contributed by atoms with Crippen LogP contribution in [-0.2, 0) is 0 Å². The van der Waals surface area contributed by atoms with Crippen molar-refractivity contribution < 1.29 is 0 Å². The van der Waals surface area contributed by atoms with Crippen LogP contribution in [0.5, 0.6) is 0 Å². The number of hydrogen-bond acceptors (Lipinski definition) is 6. The maximum atomic E-state index is 5.75. The van der Waals surface area contributed by atoms with Gasteiger partial charge in [0, 0.05) is 18.1 Å². The first-order valence-corrected chi connectivity index (χ1v) is 8.66. The molecule has 0 spiro atoms. The molecular weight excluding hydrogens is 348 g/mol. The normalized spacial score (nSPS) is 10.3. The van der Waals surface area contributed by atoms with Gasteiger partial charge >= 0.3 is 0 Å². The van der Waals surface area contributed by atoms with Crippen molar-refractivity contribution in [1.29, 1.82) is 0 Å². The van der Waals surface area contributed by atoms with E-state index >= 15 is 0 Å². The summed E-state index contributed by atoms with van der Waals surface area (Å²) in [4.78, 5) is 8.37. The number of nitrogen functional groups attached to an aromatic ring is 2. The van der Waals surface area contributed by atoms with Crippen LogP contribution >= 0.6 is 0 Å². The molecule has 0 saturated carbocycles. The number of anilines is 2. The van der Waals surface area contributed by atoms with E-state index in [1.807, 2.05) is 66.7 Å². The molecule has 0 radical (unpaired) electrons. The summed E-state index contributed by atoms with van der Waals surface area (Å²) >= 11 is 0. The second kappa shape index (κ2) is 9.59. The Morgan fingerprint density at radius 1 is 0.607 bits per heavy atom. The maximum Gasteiger partial charge on any atom is 0.109 e. The van der Waals surface area contributed by atoms with Gasteiger partial charge in [-0.3, -0.25) is 9.97 Å². The second-order valence-electron chi connectivity index (χ2n) is 5.78. The topological polar surface area (TPSA) is 103 Å². The Hall–Kier alpha value is -4.06. The summed E-state index contributed by atoms with van der Waals surface area (Å²) in [6.07, 6.45) is 3.54. The summed E-state index contributed by atoms with van der Waals surface area (Å²) in [5, 5.41) is 8.13. The standard InChI is InChI=1S/C12H12N4.C10H8N2/c13-9-6-7-12(11(14)8-9)16-15-10-4-2-1-3-5-10;1-3-7-11-9(5-1)10-6-2-4-8-12-10/h1-8H,13-14H2;1-8H. The highest BCUT2D eigenvalue weighted by Gasteiger charge is 1.97. The molecule has 0 unspecified atom stereocenters. The van der Waals surface area contributed by atoms with Crippen molar-refractivity contribution in [2.45, 2.75) is 0 Å². The smallest absolute Gasteiger partial charge is 0.109 e. The fraction of sp³-hybridized carbons (Fsp3) is 0. The lowest BCUT2D eigenvalue weighted by Crippen LogP contribution is -1.89. The van der Waals surface area contributed by atoms with Crippen molar-refractivity contribution in [3.05, 3.63) is 97.3 Å². The average molecular weight is 368 g/mol. The Balaban J connectivity index is 0.000000167. The Morgan fingerprint density at radius 3 is 1.75 bits per heavy atom. The van der Waals surface area contributed by atoms with E-state index in [2.05, 4.69) is 20.2 Å². The van der Waals surface area contributed by atoms with Crippen molar-refractivity contribution in [3.63, 3.8) is 0 Å². The number of pyridine rings is 2. The number of azo groups is 1. The van der Waals surface area contributed by atoms with E-state index in [0.717, 1.165) is 17.1 Å². The molecule has 0 aliphatic rings. The van der Waals surface area contributed by atoms with Gasteiger partial charge in [-0.15, -0.1) is 5.11 Å². The molecule has 4 rings (SSSR count). The van der Waals surface area contributed by atoms with Gasteiger partial charge in [-0.25, -0.2) is 0 Å². The maximum absolute atomic E-state index is 5.75. The highest BCUT2D eigenvalue weighted by atomic mass is 15.1. The lowest BCUT2D eigenvalue weighted by Gasteiger charge is -1.99. The molecule has 0 aliphatic carbocycles. The quantitative estimate of drug-likeness (QED) is 0.373. The van der Waals surface area contributed by atoms with Gasteiger partial charge in [0.25, 0.3) is 0 Å². The van der Waals surface area contributed by atoms with Gasteiger partial charge in [0.15, 0.2) is 0 Å². The van der Waals surface area contributed by atoms with Crippen molar-refractivity contribution in [1.82, 2.24) is 9.97 Å². The van der Waals surface area contributed by atoms with E-state index < -0.39 is 0 Å². The Bertz CT molecular complexity index is 981. The van der Waals surface area contributed by atoms with E-state index in [0.29, 0.717) is 17.1 Å². The van der Waals surface area contributed by atoms with E-state index in [1.165, 1.54) is 0 Å². The van der Waals surface area contributed by atoms with Crippen molar-refractivity contribution in [2.24, 2.45) is 10.2 Å². The highest BCUT2D eigenvalue weighted by molar-refractivity contribution is 5.67. The number of nitrogens with zero attached hydrogens (tertiary/aromatic N) is 4. The predicted octanol–water partition coefficient (Wildman–Crippen LogP) is 5.41. The molecule has 0 amide bonds. The summed E-state index contributed by atoms with van der Waals surface area (Å²) in [5.41, 5.74) is 15.7. The summed E-state index contributed by atoms with van der Waals surface area (Å²) in [6, 6.07) is 26.2. The second-order valence-corrected chi connectivity index (χ2v) is 5.78. The van der Waals surface area contributed by atoms with Crippen molar-refractivity contribution in [2.75, 3.05) is 11.5 Å². The molecular formula is C22H20N6. The molecule has 4 N–H and O–H groups in total. The van der Waals surface area contributed by atoms with Gasteiger partial charge in [-0.05, 0) is 54.6 Å². The van der Waals surface area contributed by atoms with Crippen molar-refractivity contribution >= 4 is 22.7 Å². The lowest BCUT2D eigenvalue weighted by molar-refractivity contribution is 1.23. The molecule has 0 aliphatic heterocycles. The molecule has 2 aromatic carbocycles. The predicted molar refractivity (Wildman–Crippen MR) is 113 cm³/mol. The zero-order chi connectivity index (χ0) is 19.6. The zero-order valence-corrected chi connectivity index (χ0v) is 15.2. The van der Waals surface area contributed by atoms with Crippen LogP contribution in [0.4, 0.5) is 22.7 Å². The molecule has 6 heteroatoms. The minimum atomic E-state index is 0.527. The Labute approximate surface area is 163 Å². The molecule has 0 saturated heterocycles. The SMILES string of the molecule is Nc1ccc(N=Nc2ccccc2)c(N)c1.c1ccc(-c2ccccn2)nc1. The van der Waals surface area contributed by atoms with Crippen LogP contribution in [0.3, 0.4) is 0 Å². The first-order chi connectivity index (χ1) is 13.7. The van der Waals surface area contributed by atoms with Crippen molar-refractivity contribution in [3.8, 4) is 11.4 Å². The number of benzene rings is 2. The lowest BCUT2D eigenvalue weighted by atomic mass is 10.2. The summed E-state index contributed by atoms with van der Waals surface area (Å²) in [5.74, 6) is 0. The van der Waals surface area contributed by atoms with E-state index in [9.17, 15) is 0 Å². The number of rotatable bonds is 3. The van der Waals surface area contributed by atoms with Crippen LogP contribution in [-0.4, -0.2) is 9.97 Å². The molecule has 0 bridgehead atoms. The third-order valence-electron chi connectivity index (χ3n) is 3.67. The Kier molecular flexibility index (Phi) is 6.41. The molecule has 4 aromatic rings. The third-order valence-corrected chi connectivity index (χ3v) is 3.67. The van der Waals surface area contributed by atoms with Crippen LogP contribution < -0.4 is 11.5 Å². The molecule has 0 atom stereocenters. The van der Waals surface area contributed by atoms with Crippen LogP contribution in [0.25, 0.3) is 11.4 Å². The number of nitrogens with two attached hydrogens (primary N) is 2. The fourth-order valence-corrected chi connectivity index (χ4v) is 2.30. The first-order valence-electron chi connectivity index (χ1n) is 8.66. The monoisotopic (exact) mass is 368 g/mol. The van der Waals surface area contributed by atoms with Crippen LogP contribution in [0, 0.1) is 0 Å². The number of aromatic nitrogens is 2. The van der Waals surface area contributed by atoms with E-state index in [4.69, 9.17) is 11.5 Å². The average Bonchev–Trinajstić information content (AvgIpc) is 2.76. The van der Waals surface area contributed by atoms with Gasteiger partial charge in [0.05, 0.1) is 22.8 Å². The Morgan fingerprint density at radius 2 is 1.21 bits per heavy atom. The minimum absolute atomic E-state index is 0.527. The van der Waals surface area contributed by atoms with E-state index in [-0.39, 0.29) is 0 Å². The minimum Gasteiger partial charge on any atom is -0.399 e. The third kappa shape index (κ3) is 5.47. The van der Waals surface area contributed by atoms with E-state index in [1.54, 1.807) is 30.6 Å². The van der Waals surface area contributed by atoms with Gasteiger partial charge < -0.3 is 11.5 Å². The van der Waals surface area contributed by atoms with Gasteiger partial charge in [-0.2, -0.15) is 5.11 Å². The first kappa shape index (κ1) is 18.7. The molecule has 6 nitrogen and oxygen atoms in total. The number of hydrogen-bond donors (Lipinski definition) is 2. The largest absolute Gasteiger partial charge is 0.399 e. The van der Waals surface area contributed by atoms with Gasteiger partial charge in [0.2, 0.25) is 0 Å². The summed E-state index contributed by atoms with van der Waals surface area (Å²) in [7, 11) is 0. The van der Waals surface area contributed by atoms with Crippen LogP contribution in [0.2, 0.25) is 0 Å². The van der Waals surface area contributed by atoms with Crippen LogP contribution in [0.15, 0.2) is 108 Å². The van der Waals surface area contributed by atoms with Crippen LogP contribution in [0.1, 0.15) is 0 Å².